The number of sulfonamides is 1. The van der Waals surface area contributed by atoms with Crippen molar-refractivity contribution in [3.05, 3.63) is 29.3 Å². The molecule has 0 amide bonds. The SMILES string of the molecule is Cc1ncoc1CNS(=O)(=O)c1c(C)noc1C. The van der Waals surface area contributed by atoms with Gasteiger partial charge in [-0.1, -0.05) is 5.16 Å². The molecule has 0 atom stereocenters. The average Bonchev–Trinajstić information content (AvgIpc) is 2.83. The first-order chi connectivity index (χ1) is 8.42. The molecule has 2 aromatic rings. The zero-order chi connectivity index (χ0) is 13.3. The highest BCUT2D eigenvalue weighted by atomic mass is 32.2. The lowest BCUT2D eigenvalue weighted by Crippen LogP contribution is -2.24. The summed E-state index contributed by atoms with van der Waals surface area (Å²) in [6, 6.07) is 0. The van der Waals surface area contributed by atoms with E-state index in [-0.39, 0.29) is 17.2 Å². The standard InChI is InChI=1S/C10H13N3O4S/c1-6-9(16-5-11-6)4-12-18(14,15)10-7(2)13-17-8(10)3/h5,12H,4H2,1-3H3. The monoisotopic (exact) mass is 271 g/mol. The fourth-order valence-corrected chi connectivity index (χ4v) is 2.89. The molecule has 0 aliphatic carbocycles. The topological polar surface area (TPSA) is 98.2 Å². The number of rotatable bonds is 4. The third kappa shape index (κ3) is 2.29. The number of aromatic nitrogens is 2. The second-order valence-corrected chi connectivity index (χ2v) is 5.54. The van der Waals surface area contributed by atoms with Crippen molar-refractivity contribution in [1.29, 1.82) is 0 Å². The van der Waals surface area contributed by atoms with E-state index in [0.29, 0.717) is 17.1 Å². The molecule has 0 aromatic carbocycles. The van der Waals surface area contributed by atoms with Crippen LogP contribution in [-0.4, -0.2) is 18.6 Å². The van der Waals surface area contributed by atoms with Crippen LogP contribution in [0, 0.1) is 20.8 Å². The van der Waals surface area contributed by atoms with Crippen molar-refractivity contribution < 1.29 is 17.4 Å². The summed E-state index contributed by atoms with van der Waals surface area (Å²) in [4.78, 5) is 3.95. The first kappa shape index (κ1) is 12.8. The Bertz CT molecular complexity index is 637. The molecule has 2 heterocycles. The summed E-state index contributed by atoms with van der Waals surface area (Å²) in [7, 11) is -3.67. The van der Waals surface area contributed by atoms with E-state index in [9.17, 15) is 8.42 Å². The minimum Gasteiger partial charge on any atom is -0.447 e. The Hall–Kier alpha value is -1.67. The summed E-state index contributed by atoms with van der Waals surface area (Å²) in [6.07, 6.45) is 1.27. The molecule has 2 aromatic heterocycles. The van der Waals surface area contributed by atoms with Crippen molar-refractivity contribution >= 4 is 10.0 Å². The van der Waals surface area contributed by atoms with Gasteiger partial charge in [0.2, 0.25) is 10.0 Å². The Balaban J connectivity index is 2.21. The molecule has 0 bridgehead atoms. The highest BCUT2D eigenvalue weighted by molar-refractivity contribution is 7.89. The van der Waals surface area contributed by atoms with E-state index in [1.807, 2.05) is 0 Å². The van der Waals surface area contributed by atoms with Gasteiger partial charge in [0.05, 0.1) is 12.2 Å². The van der Waals surface area contributed by atoms with Gasteiger partial charge in [-0.05, 0) is 20.8 Å². The van der Waals surface area contributed by atoms with Crippen molar-refractivity contribution in [2.45, 2.75) is 32.2 Å². The van der Waals surface area contributed by atoms with Crippen LogP contribution in [-0.2, 0) is 16.6 Å². The van der Waals surface area contributed by atoms with Crippen LogP contribution in [0.5, 0.6) is 0 Å². The molecule has 2 rings (SSSR count). The molecular weight excluding hydrogens is 258 g/mol. The van der Waals surface area contributed by atoms with Crippen molar-refractivity contribution in [3.8, 4) is 0 Å². The lowest BCUT2D eigenvalue weighted by Gasteiger charge is -2.04. The summed E-state index contributed by atoms with van der Waals surface area (Å²) in [5.74, 6) is 0.736. The van der Waals surface area contributed by atoms with Crippen LogP contribution in [0.3, 0.4) is 0 Å². The molecule has 0 radical (unpaired) electrons. The third-order valence-electron chi connectivity index (χ3n) is 2.50. The molecule has 0 saturated heterocycles. The van der Waals surface area contributed by atoms with E-state index >= 15 is 0 Å². The summed E-state index contributed by atoms with van der Waals surface area (Å²) >= 11 is 0. The third-order valence-corrected chi connectivity index (χ3v) is 4.15. The molecule has 0 saturated carbocycles. The maximum Gasteiger partial charge on any atom is 0.246 e. The molecule has 1 N–H and O–H groups in total. The molecule has 0 unspecified atom stereocenters. The van der Waals surface area contributed by atoms with E-state index in [2.05, 4.69) is 14.9 Å². The molecule has 0 aliphatic rings. The molecule has 98 valence electrons. The van der Waals surface area contributed by atoms with Gasteiger partial charge in [0.1, 0.15) is 16.3 Å². The Morgan fingerprint density at radius 1 is 1.28 bits per heavy atom. The van der Waals surface area contributed by atoms with Gasteiger partial charge in [0.15, 0.2) is 12.2 Å². The van der Waals surface area contributed by atoms with E-state index < -0.39 is 10.0 Å². The normalized spacial score (nSPS) is 11.9. The maximum absolute atomic E-state index is 12.1. The van der Waals surface area contributed by atoms with Gasteiger partial charge in [-0.3, -0.25) is 0 Å². The zero-order valence-corrected chi connectivity index (χ0v) is 11.0. The number of nitrogens with zero attached hydrogens (tertiary/aromatic N) is 2. The Labute approximate surface area is 104 Å². The highest BCUT2D eigenvalue weighted by Crippen LogP contribution is 2.19. The van der Waals surface area contributed by atoms with Crippen LogP contribution in [0.15, 0.2) is 20.2 Å². The fraction of sp³-hybridized carbons (Fsp3) is 0.400. The molecule has 0 spiro atoms. The van der Waals surface area contributed by atoms with E-state index in [0.717, 1.165) is 0 Å². The van der Waals surface area contributed by atoms with Gasteiger partial charge >= 0.3 is 0 Å². The van der Waals surface area contributed by atoms with Crippen LogP contribution in [0.2, 0.25) is 0 Å². The summed E-state index contributed by atoms with van der Waals surface area (Å²) in [6.45, 7) is 4.90. The summed E-state index contributed by atoms with van der Waals surface area (Å²) in [5.41, 5.74) is 0.978. The molecule has 8 heteroatoms. The van der Waals surface area contributed by atoms with Crippen LogP contribution in [0.4, 0.5) is 0 Å². The van der Waals surface area contributed by atoms with Crippen molar-refractivity contribution in [2.75, 3.05) is 0 Å². The van der Waals surface area contributed by atoms with Crippen LogP contribution >= 0.6 is 0 Å². The first-order valence-electron chi connectivity index (χ1n) is 5.23. The smallest absolute Gasteiger partial charge is 0.246 e. The second-order valence-electron chi connectivity index (χ2n) is 3.84. The van der Waals surface area contributed by atoms with Crippen molar-refractivity contribution in [3.63, 3.8) is 0 Å². The number of hydrogen-bond donors (Lipinski definition) is 1. The van der Waals surface area contributed by atoms with E-state index in [1.54, 1.807) is 20.8 Å². The largest absolute Gasteiger partial charge is 0.447 e. The van der Waals surface area contributed by atoms with Gasteiger partial charge in [-0.2, -0.15) is 0 Å². The van der Waals surface area contributed by atoms with Gasteiger partial charge < -0.3 is 8.94 Å². The minimum absolute atomic E-state index is 0.0399. The Morgan fingerprint density at radius 3 is 2.50 bits per heavy atom. The fourth-order valence-electron chi connectivity index (χ4n) is 1.59. The molecule has 0 fully saturated rings. The van der Waals surface area contributed by atoms with Gasteiger partial charge in [-0.15, -0.1) is 0 Å². The van der Waals surface area contributed by atoms with Gasteiger partial charge in [-0.25, -0.2) is 18.1 Å². The predicted molar refractivity (Wildman–Crippen MR) is 61.2 cm³/mol. The van der Waals surface area contributed by atoms with Crippen LogP contribution in [0.25, 0.3) is 0 Å². The highest BCUT2D eigenvalue weighted by Gasteiger charge is 2.24. The summed E-state index contributed by atoms with van der Waals surface area (Å²) in [5, 5.41) is 3.62. The number of oxazole rings is 1. The predicted octanol–water partition coefficient (Wildman–Crippen LogP) is 1.07. The van der Waals surface area contributed by atoms with Crippen molar-refractivity contribution in [1.82, 2.24) is 14.9 Å². The lowest BCUT2D eigenvalue weighted by atomic mass is 10.4. The number of aryl methyl sites for hydroxylation is 3. The first-order valence-corrected chi connectivity index (χ1v) is 6.71. The molecule has 7 nitrogen and oxygen atoms in total. The second kappa shape index (κ2) is 4.54. The van der Waals surface area contributed by atoms with Gasteiger partial charge in [0, 0.05) is 0 Å². The minimum atomic E-state index is -3.67. The number of nitrogens with one attached hydrogen (secondary N) is 1. The average molecular weight is 271 g/mol. The summed E-state index contributed by atoms with van der Waals surface area (Å²) < 4.78 is 36.5. The quantitative estimate of drug-likeness (QED) is 0.893. The Kier molecular flexibility index (Phi) is 3.22. The van der Waals surface area contributed by atoms with Gasteiger partial charge in [0.25, 0.3) is 0 Å². The van der Waals surface area contributed by atoms with Crippen LogP contribution in [0.1, 0.15) is 22.9 Å². The molecule has 18 heavy (non-hydrogen) atoms. The van der Waals surface area contributed by atoms with E-state index in [1.165, 1.54) is 6.39 Å². The number of hydrogen-bond acceptors (Lipinski definition) is 6. The molecular formula is C10H13N3O4S. The Morgan fingerprint density at radius 2 is 2.00 bits per heavy atom. The van der Waals surface area contributed by atoms with Crippen molar-refractivity contribution in [2.24, 2.45) is 0 Å². The van der Waals surface area contributed by atoms with Crippen LogP contribution < -0.4 is 4.72 Å². The lowest BCUT2D eigenvalue weighted by molar-refractivity contribution is 0.390. The maximum atomic E-state index is 12.1. The zero-order valence-electron chi connectivity index (χ0n) is 10.2. The van der Waals surface area contributed by atoms with E-state index in [4.69, 9.17) is 8.94 Å². The molecule has 0 aliphatic heterocycles.